The molecule has 2 aromatic rings. The molecule has 3 rings (SSSR count). The monoisotopic (exact) mass is 362 g/mol. The smallest absolute Gasteiger partial charge is 0.246 e. The molecule has 1 fully saturated rings. The highest BCUT2D eigenvalue weighted by Gasteiger charge is 2.32. The van der Waals surface area contributed by atoms with Crippen molar-refractivity contribution in [2.45, 2.75) is 32.2 Å². The van der Waals surface area contributed by atoms with E-state index in [1.54, 1.807) is 29.9 Å². The van der Waals surface area contributed by atoms with Crippen molar-refractivity contribution in [1.82, 2.24) is 19.0 Å². The normalized spacial score (nSPS) is 17.1. The van der Waals surface area contributed by atoms with E-state index in [0.29, 0.717) is 29.4 Å². The van der Waals surface area contributed by atoms with Gasteiger partial charge in [0, 0.05) is 39.8 Å². The minimum Gasteiger partial charge on any atom is -0.296 e. The van der Waals surface area contributed by atoms with Crippen molar-refractivity contribution in [2.75, 3.05) is 26.2 Å². The summed E-state index contributed by atoms with van der Waals surface area (Å²) in [5, 5.41) is 4.25. The summed E-state index contributed by atoms with van der Waals surface area (Å²) in [4.78, 5) is 2.68. The maximum absolute atomic E-state index is 13.0. The van der Waals surface area contributed by atoms with Gasteiger partial charge in [0.05, 0.1) is 11.4 Å². The number of hydrogen-bond acceptors (Lipinski definition) is 4. The van der Waals surface area contributed by atoms with Gasteiger partial charge in [-0.15, -0.1) is 0 Å². The van der Waals surface area contributed by atoms with Crippen LogP contribution in [0, 0.1) is 20.8 Å². The molecule has 25 heavy (non-hydrogen) atoms. The summed E-state index contributed by atoms with van der Waals surface area (Å²) in [5.74, 6) is 0. The van der Waals surface area contributed by atoms with Crippen molar-refractivity contribution < 1.29 is 8.42 Å². The molecule has 1 aliphatic heterocycles. The third-order valence-corrected chi connectivity index (χ3v) is 7.18. The van der Waals surface area contributed by atoms with Crippen LogP contribution in [0.2, 0.25) is 0 Å². The Morgan fingerprint density at radius 2 is 1.68 bits per heavy atom. The Kier molecular flexibility index (Phi) is 4.99. The Labute approximate surface area is 150 Å². The molecule has 0 saturated carbocycles. The molecule has 0 bridgehead atoms. The van der Waals surface area contributed by atoms with Gasteiger partial charge in [0.15, 0.2) is 0 Å². The second-order valence-electron chi connectivity index (χ2n) is 6.73. The fraction of sp³-hybridized carbons (Fsp3) is 0.500. The Morgan fingerprint density at radius 1 is 1.04 bits per heavy atom. The molecule has 0 aliphatic carbocycles. The second-order valence-corrected chi connectivity index (χ2v) is 8.61. The van der Waals surface area contributed by atoms with Crippen LogP contribution in [0.3, 0.4) is 0 Å². The SMILES string of the molecule is Cc1ccccc1CN1CCN(S(=O)(=O)c2c(C)nn(C)c2C)CC1. The van der Waals surface area contributed by atoms with Crippen molar-refractivity contribution in [2.24, 2.45) is 7.05 Å². The maximum atomic E-state index is 13.0. The predicted octanol–water partition coefficient (Wildman–Crippen LogP) is 1.85. The molecule has 0 unspecified atom stereocenters. The predicted molar refractivity (Wildman–Crippen MR) is 97.9 cm³/mol. The molecule has 1 aromatic carbocycles. The van der Waals surface area contributed by atoms with Gasteiger partial charge in [0.2, 0.25) is 10.0 Å². The molecule has 2 heterocycles. The number of rotatable bonds is 4. The lowest BCUT2D eigenvalue weighted by Crippen LogP contribution is -2.48. The number of aromatic nitrogens is 2. The van der Waals surface area contributed by atoms with Crippen molar-refractivity contribution in [1.29, 1.82) is 0 Å². The van der Waals surface area contributed by atoms with E-state index in [0.717, 1.165) is 19.6 Å². The molecule has 0 N–H and O–H groups in total. The van der Waals surface area contributed by atoms with Crippen LogP contribution in [0.25, 0.3) is 0 Å². The number of hydrogen-bond donors (Lipinski definition) is 0. The Morgan fingerprint density at radius 3 is 2.24 bits per heavy atom. The number of nitrogens with zero attached hydrogens (tertiary/aromatic N) is 4. The second kappa shape index (κ2) is 6.90. The van der Waals surface area contributed by atoms with Crippen molar-refractivity contribution in [3.05, 3.63) is 46.8 Å². The summed E-state index contributed by atoms with van der Waals surface area (Å²) in [6.45, 7) is 9.06. The lowest BCUT2D eigenvalue weighted by molar-refractivity contribution is 0.181. The van der Waals surface area contributed by atoms with Crippen molar-refractivity contribution >= 4 is 10.0 Å². The first kappa shape index (κ1) is 18.1. The molecule has 0 radical (unpaired) electrons. The maximum Gasteiger partial charge on any atom is 0.246 e. The van der Waals surface area contributed by atoms with Gasteiger partial charge in [-0.1, -0.05) is 24.3 Å². The molecule has 0 spiro atoms. The molecule has 1 aliphatic rings. The lowest BCUT2D eigenvalue weighted by Gasteiger charge is -2.34. The van der Waals surface area contributed by atoms with Gasteiger partial charge in [-0.05, 0) is 31.9 Å². The zero-order chi connectivity index (χ0) is 18.2. The van der Waals surface area contributed by atoms with Crippen LogP contribution < -0.4 is 0 Å². The van der Waals surface area contributed by atoms with E-state index in [1.807, 2.05) is 6.07 Å². The first-order chi connectivity index (χ1) is 11.8. The number of sulfonamides is 1. The highest BCUT2D eigenvalue weighted by molar-refractivity contribution is 7.89. The summed E-state index contributed by atoms with van der Waals surface area (Å²) >= 11 is 0. The number of benzene rings is 1. The number of aryl methyl sites for hydroxylation is 3. The van der Waals surface area contributed by atoms with Crippen molar-refractivity contribution in [3.63, 3.8) is 0 Å². The van der Waals surface area contributed by atoms with Crippen LogP contribution in [0.15, 0.2) is 29.2 Å². The average Bonchev–Trinajstić information content (AvgIpc) is 2.83. The van der Waals surface area contributed by atoms with Crippen LogP contribution >= 0.6 is 0 Å². The lowest BCUT2D eigenvalue weighted by atomic mass is 10.1. The van der Waals surface area contributed by atoms with E-state index >= 15 is 0 Å². The fourth-order valence-corrected chi connectivity index (χ4v) is 5.23. The van der Waals surface area contributed by atoms with Crippen LogP contribution in [0.5, 0.6) is 0 Å². The average molecular weight is 362 g/mol. The minimum atomic E-state index is -3.48. The van der Waals surface area contributed by atoms with Crippen LogP contribution in [0.1, 0.15) is 22.5 Å². The highest BCUT2D eigenvalue weighted by atomic mass is 32.2. The zero-order valence-electron chi connectivity index (χ0n) is 15.4. The van der Waals surface area contributed by atoms with E-state index < -0.39 is 10.0 Å². The summed E-state index contributed by atoms with van der Waals surface area (Å²) in [6.07, 6.45) is 0. The zero-order valence-corrected chi connectivity index (χ0v) is 16.2. The molecule has 6 nitrogen and oxygen atoms in total. The fourth-order valence-electron chi connectivity index (χ4n) is 3.41. The van der Waals surface area contributed by atoms with Gasteiger partial charge in [0.1, 0.15) is 4.90 Å². The van der Waals surface area contributed by atoms with E-state index in [2.05, 4.69) is 35.1 Å². The Hall–Kier alpha value is -1.70. The minimum absolute atomic E-state index is 0.363. The molecule has 0 atom stereocenters. The van der Waals surface area contributed by atoms with Gasteiger partial charge >= 0.3 is 0 Å². The molecule has 1 aromatic heterocycles. The van der Waals surface area contributed by atoms with Gasteiger partial charge in [-0.2, -0.15) is 9.40 Å². The van der Waals surface area contributed by atoms with Crippen LogP contribution in [-0.4, -0.2) is 53.6 Å². The van der Waals surface area contributed by atoms with Gasteiger partial charge in [0.25, 0.3) is 0 Å². The van der Waals surface area contributed by atoms with E-state index in [4.69, 9.17) is 0 Å². The number of piperazine rings is 1. The first-order valence-electron chi connectivity index (χ1n) is 8.58. The van der Waals surface area contributed by atoms with Crippen molar-refractivity contribution in [3.8, 4) is 0 Å². The van der Waals surface area contributed by atoms with E-state index in [1.165, 1.54) is 11.1 Å². The summed E-state index contributed by atoms with van der Waals surface area (Å²) < 4.78 is 29.3. The van der Waals surface area contributed by atoms with Gasteiger partial charge < -0.3 is 0 Å². The standard InChI is InChI=1S/C18H26N4O2S/c1-14-7-5-6-8-17(14)13-21-9-11-22(12-10-21)25(23,24)18-15(2)19-20(4)16(18)3/h5-8H,9-13H2,1-4H3. The third-order valence-electron chi connectivity index (χ3n) is 5.03. The molecular formula is C18H26N4O2S. The quantitative estimate of drug-likeness (QED) is 0.833. The Bertz CT molecular complexity index is 865. The highest BCUT2D eigenvalue weighted by Crippen LogP contribution is 2.24. The van der Waals surface area contributed by atoms with Gasteiger partial charge in [-0.3, -0.25) is 9.58 Å². The van der Waals surface area contributed by atoms with Crippen LogP contribution in [-0.2, 0) is 23.6 Å². The molecular weight excluding hydrogens is 336 g/mol. The summed E-state index contributed by atoms with van der Waals surface area (Å²) in [5.41, 5.74) is 3.85. The van der Waals surface area contributed by atoms with E-state index in [9.17, 15) is 8.42 Å². The Balaban J connectivity index is 1.70. The first-order valence-corrected chi connectivity index (χ1v) is 10.0. The summed E-state index contributed by atoms with van der Waals surface area (Å²) in [6, 6.07) is 8.35. The molecule has 1 saturated heterocycles. The van der Waals surface area contributed by atoms with Gasteiger partial charge in [-0.25, -0.2) is 8.42 Å². The largest absolute Gasteiger partial charge is 0.296 e. The summed E-state index contributed by atoms with van der Waals surface area (Å²) in [7, 11) is -1.70. The molecule has 7 heteroatoms. The molecule has 0 amide bonds. The third kappa shape index (κ3) is 3.49. The topological polar surface area (TPSA) is 58.4 Å². The van der Waals surface area contributed by atoms with Crippen LogP contribution in [0.4, 0.5) is 0 Å². The molecule has 136 valence electrons. The van der Waals surface area contributed by atoms with E-state index in [-0.39, 0.29) is 0 Å².